The normalized spacial score (nSPS) is 18.0. The van der Waals surface area contributed by atoms with Crippen LogP contribution in [0.2, 0.25) is 0 Å². The number of nitrogens with zero attached hydrogens (tertiary/aromatic N) is 6. The van der Waals surface area contributed by atoms with Crippen molar-refractivity contribution in [1.29, 1.82) is 0 Å². The lowest BCUT2D eigenvalue weighted by Crippen LogP contribution is -2.47. The Balaban J connectivity index is 1.24. The molecule has 33 heavy (non-hydrogen) atoms. The van der Waals surface area contributed by atoms with E-state index in [1.54, 1.807) is 0 Å². The fourth-order valence-electron chi connectivity index (χ4n) is 4.51. The summed E-state index contributed by atoms with van der Waals surface area (Å²) in [6.45, 7) is 8.34. The second-order valence-electron chi connectivity index (χ2n) is 8.35. The number of aromatic nitrogens is 4. The van der Waals surface area contributed by atoms with Gasteiger partial charge in [-0.2, -0.15) is 4.68 Å². The molecule has 0 saturated carbocycles. The first-order valence-corrected chi connectivity index (χ1v) is 11.7. The number of fused-ring (bicyclic) bond motifs is 1. The Morgan fingerprint density at radius 2 is 1.76 bits per heavy atom. The molecule has 0 aliphatic carbocycles. The lowest BCUT2D eigenvalue weighted by Gasteiger charge is -2.38. The van der Waals surface area contributed by atoms with Gasteiger partial charge in [-0.05, 0) is 34.5 Å². The van der Waals surface area contributed by atoms with E-state index in [-0.39, 0.29) is 6.04 Å². The molecule has 0 bridgehead atoms. The number of hydrogen-bond donors (Lipinski definition) is 0. The minimum atomic E-state index is 0.162. The zero-order valence-electron chi connectivity index (χ0n) is 19.0. The second kappa shape index (κ2) is 10.1. The summed E-state index contributed by atoms with van der Waals surface area (Å²) in [5.41, 5.74) is 2.13. The van der Waals surface area contributed by atoms with Crippen molar-refractivity contribution in [3.05, 3.63) is 66.0 Å². The highest BCUT2D eigenvalue weighted by Crippen LogP contribution is 2.33. The van der Waals surface area contributed by atoms with Crippen LogP contribution in [-0.2, 0) is 0 Å². The number of rotatable bonds is 7. The Hall–Kier alpha value is -3.23. The lowest BCUT2D eigenvalue weighted by atomic mass is 10.1. The van der Waals surface area contributed by atoms with E-state index in [2.05, 4.69) is 68.7 Å². The third-order valence-corrected chi connectivity index (χ3v) is 6.27. The molecular weight excluding hydrogens is 416 g/mol. The smallest absolute Gasteiger partial charge is 0.173 e. The van der Waals surface area contributed by atoms with Crippen LogP contribution in [0.25, 0.3) is 11.8 Å². The van der Waals surface area contributed by atoms with Crippen molar-refractivity contribution < 1.29 is 9.47 Å². The van der Waals surface area contributed by atoms with Crippen LogP contribution in [0, 0.1) is 0 Å². The maximum Gasteiger partial charge on any atom is 0.173 e. The number of tetrazole rings is 1. The van der Waals surface area contributed by atoms with E-state index in [1.165, 1.54) is 5.56 Å². The highest BCUT2D eigenvalue weighted by Gasteiger charge is 2.28. The molecule has 3 heterocycles. The molecule has 0 N–H and O–H groups in total. The summed E-state index contributed by atoms with van der Waals surface area (Å²) in [5, 5.41) is 12.7. The Kier molecular flexibility index (Phi) is 6.64. The first-order valence-electron chi connectivity index (χ1n) is 11.7. The fraction of sp³-hybridized carbons (Fsp3) is 0.400. The van der Waals surface area contributed by atoms with E-state index >= 15 is 0 Å². The molecule has 8 heteroatoms. The van der Waals surface area contributed by atoms with Crippen molar-refractivity contribution in [2.24, 2.45) is 0 Å². The van der Waals surface area contributed by atoms with E-state index in [1.807, 2.05) is 28.9 Å². The third-order valence-electron chi connectivity index (χ3n) is 6.27. The van der Waals surface area contributed by atoms with Gasteiger partial charge in [-0.25, -0.2) is 0 Å². The fourth-order valence-corrected chi connectivity index (χ4v) is 4.51. The summed E-state index contributed by atoms with van der Waals surface area (Å²) in [7, 11) is 0. The lowest BCUT2D eigenvalue weighted by molar-refractivity contribution is 0.0960. The molecule has 1 unspecified atom stereocenters. The van der Waals surface area contributed by atoms with Gasteiger partial charge >= 0.3 is 0 Å². The molecule has 0 amide bonds. The monoisotopic (exact) mass is 446 g/mol. The summed E-state index contributed by atoms with van der Waals surface area (Å²) in [4.78, 5) is 4.99. The van der Waals surface area contributed by atoms with Crippen molar-refractivity contribution in [1.82, 2.24) is 30.0 Å². The van der Waals surface area contributed by atoms with Crippen molar-refractivity contribution in [3.8, 4) is 17.2 Å². The predicted octanol–water partition coefficient (Wildman–Crippen LogP) is 3.22. The van der Waals surface area contributed by atoms with Crippen LogP contribution in [0.1, 0.15) is 30.8 Å². The van der Waals surface area contributed by atoms with Gasteiger partial charge in [0.15, 0.2) is 17.3 Å². The predicted molar refractivity (Wildman–Crippen MR) is 127 cm³/mol. The van der Waals surface area contributed by atoms with Crippen molar-refractivity contribution in [2.45, 2.75) is 19.4 Å². The topological polar surface area (TPSA) is 68.5 Å². The van der Waals surface area contributed by atoms with Gasteiger partial charge in [0.05, 0.1) is 11.7 Å². The Labute approximate surface area is 194 Å². The molecule has 0 spiro atoms. The molecule has 2 aromatic carbocycles. The van der Waals surface area contributed by atoms with Gasteiger partial charge in [-0.1, -0.05) is 49.4 Å². The van der Waals surface area contributed by atoms with Crippen molar-refractivity contribution >= 4 is 6.08 Å². The molecule has 1 atom stereocenters. The van der Waals surface area contributed by atoms with Crippen LogP contribution in [0.5, 0.6) is 11.5 Å². The first-order chi connectivity index (χ1) is 16.3. The maximum absolute atomic E-state index is 5.75. The molecule has 1 saturated heterocycles. The highest BCUT2D eigenvalue weighted by atomic mass is 16.6. The summed E-state index contributed by atoms with van der Waals surface area (Å²) in [6, 6.07) is 16.5. The minimum absolute atomic E-state index is 0.162. The van der Waals surface area contributed by atoms with Gasteiger partial charge in [-0.15, -0.1) is 5.10 Å². The number of benzene rings is 2. The zero-order valence-corrected chi connectivity index (χ0v) is 19.0. The first kappa shape index (κ1) is 21.6. The molecule has 0 radical (unpaired) electrons. The van der Waals surface area contributed by atoms with Crippen molar-refractivity contribution in [3.63, 3.8) is 0 Å². The molecule has 8 nitrogen and oxygen atoms in total. The van der Waals surface area contributed by atoms with Crippen LogP contribution in [0.15, 0.2) is 54.6 Å². The van der Waals surface area contributed by atoms with Gasteiger partial charge in [0.1, 0.15) is 13.2 Å². The average molecular weight is 447 g/mol. The van der Waals surface area contributed by atoms with Gasteiger partial charge < -0.3 is 9.47 Å². The van der Waals surface area contributed by atoms with E-state index < -0.39 is 0 Å². The zero-order chi connectivity index (χ0) is 22.5. The molecule has 172 valence electrons. The molecule has 1 fully saturated rings. The van der Waals surface area contributed by atoms with Gasteiger partial charge in [0.25, 0.3) is 0 Å². The maximum atomic E-state index is 5.75. The SMILES string of the molecule is CCC(c1nnnn1-c1ccc2c(c1)OCCO2)N1CCN(C/C=C/c2ccccc2)CC1. The van der Waals surface area contributed by atoms with E-state index in [0.29, 0.717) is 13.2 Å². The van der Waals surface area contributed by atoms with Gasteiger partial charge in [0.2, 0.25) is 0 Å². The molecule has 2 aliphatic heterocycles. The largest absolute Gasteiger partial charge is 0.486 e. The molecule has 1 aromatic heterocycles. The molecule has 2 aliphatic rings. The minimum Gasteiger partial charge on any atom is -0.486 e. The summed E-state index contributed by atoms with van der Waals surface area (Å²) >= 11 is 0. The number of ether oxygens (including phenoxy) is 2. The highest BCUT2D eigenvalue weighted by molar-refractivity contribution is 5.50. The Morgan fingerprint density at radius 3 is 2.55 bits per heavy atom. The summed E-state index contributed by atoms with van der Waals surface area (Å²) < 4.78 is 13.2. The third kappa shape index (κ3) is 4.91. The number of piperazine rings is 1. The van der Waals surface area contributed by atoms with Gasteiger partial charge in [-0.3, -0.25) is 9.80 Å². The molecule has 3 aromatic rings. The summed E-state index contributed by atoms with van der Waals surface area (Å²) in [6.07, 6.45) is 5.40. The average Bonchev–Trinajstić information content (AvgIpc) is 3.35. The Bertz CT molecular complexity index is 1080. The van der Waals surface area contributed by atoms with E-state index in [0.717, 1.165) is 62.2 Å². The molecule has 5 rings (SSSR count). The van der Waals surface area contributed by atoms with E-state index in [4.69, 9.17) is 9.47 Å². The summed E-state index contributed by atoms with van der Waals surface area (Å²) in [5.74, 6) is 2.38. The van der Waals surface area contributed by atoms with Crippen LogP contribution < -0.4 is 9.47 Å². The standard InChI is InChI=1S/C25H30N6O2/c1-2-22(30-15-13-29(14-16-30)12-6-9-20-7-4-3-5-8-20)25-26-27-28-31(25)21-10-11-23-24(19-21)33-18-17-32-23/h3-11,19,22H,2,12-18H2,1H3/b9-6+. The quantitative estimate of drug-likeness (QED) is 0.552. The number of hydrogen-bond acceptors (Lipinski definition) is 7. The Morgan fingerprint density at radius 1 is 0.970 bits per heavy atom. The molecular formula is C25H30N6O2. The van der Waals surface area contributed by atoms with Crippen molar-refractivity contribution in [2.75, 3.05) is 45.9 Å². The van der Waals surface area contributed by atoms with Crippen LogP contribution >= 0.6 is 0 Å². The van der Waals surface area contributed by atoms with Crippen LogP contribution in [0.3, 0.4) is 0 Å². The van der Waals surface area contributed by atoms with E-state index in [9.17, 15) is 0 Å². The van der Waals surface area contributed by atoms with Crippen LogP contribution in [-0.4, -0.2) is 75.9 Å². The second-order valence-corrected chi connectivity index (χ2v) is 8.35. The van der Waals surface area contributed by atoms with Crippen LogP contribution in [0.4, 0.5) is 0 Å². The van der Waals surface area contributed by atoms with Gasteiger partial charge in [0, 0.05) is 38.8 Å².